The van der Waals surface area contributed by atoms with Crippen molar-refractivity contribution in [2.75, 3.05) is 19.1 Å². The minimum atomic E-state index is -4.79. The molecule has 0 amide bonds. The van der Waals surface area contributed by atoms with Crippen LogP contribution < -0.4 is 5.73 Å². The molecule has 8 N–H and O–H groups in total. The van der Waals surface area contributed by atoms with E-state index in [1.165, 1.54) is 17.4 Å². The van der Waals surface area contributed by atoms with Gasteiger partial charge in [0.2, 0.25) is 0 Å². The Labute approximate surface area is 141 Å². The molecule has 4 unspecified atom stereocenters. The SMILES string of the molecule is Nc1ncnc2c(C3C(O)C(O)C(CO)N3COP(=O)(O)O)c[nH]c12. The normalized spacial score (nSPS) is 28.0. The minimum Gasteiger partial charge on any atom is -0.395 e. The molecule has 0 radical (unpaired) electrons. The number of phosphoric acid groups is 1. The van der Waals surface area contributed by atoms with Gasteiger partial charge in [0.15, 0.2) is 5.82 Å². The number of anilines is 1. The quantitative estimate of drug-likeness (QED) is 0.286. The number of fused-ring (bicyclic) bond motifs is 1. The van der Waals surface area contributed by atoms with Crippen LogP contribution in [0.2, 0.25) is 0 Å². The predicted molar refractivity (Wildman–Crippen MR) is 83.8 cm³/mol. The second-order valence-electron chi connectivity index (χ2n) is 5.67. The van der Waals surface area contributed by atoms with E-state index in [1.54, 1.807) is 0 Å². The van der Waals surface area contributed by atoms with E-state index in [2.05, 4.69) is 19.5 Å². The summed E-state index contributed by atoms with van der Waals surface area (Å²) >= 11 is 0. The van der Waals surface area contributed by atoms with E-state index >= 15 is 0 Å². The lowest BCUT2D eigenvalue weighted by Gasteiger charge is -2.28. The molecule has 0 saturated carbocycles. The molecular weight excluding hydrogens is 357 g/mol. The van der Waals surface area contributed by atoms with Crippen molar-refractivity contribution in [2.24, 2.45) is 0 Å². The molecule has 3 heterocycles. The van der Waals surface area contributed by atoms with E-state index in [-0.39, 0.29) is 5.82 Å². The molecule has 3 rings (SSSR count). The summed E-state index contributed by atoms with van der Waals surface area (Å²) in [6.45, 7) is -1.18. The molecule has 1 fully saturated rings. The highest BCUT2D eigenvalue weighted by Gasteiger charge is 2.49. The third-order valence-corrected chi connectivity index (χ3v) is 4.71. The van der Waals surface area contributed by atoms with Crippen molar-refractivity contribution >= 4 is 24.7 Å². The van der Waals surface area contributed by atoms with E-state index < -0.39 is 45.5 Å². The van der Waals surface area contributed by atoms with Crippen LogP contribution in [0.4, 0.5) is 5.82 Å². The molecule has 1 aliphatic heterocycles. The van der Waals surface area contributed by atoms with Crippen LogP contribution in [0.5, 0.6) is 0 Å². The van der Waals surface area contributed by atoms with Crippen molar-refractivity contribution in [1.29, 1.82) is 0 Å². The highest BCUT2D eigenvalue weighted by Crippen LogP contribution is 2.42. The summed E-state index contributed by atoms with van der Waals surface area (Å²) < 4.78 is 15.5. The number of phosphoric ester groups is 1. The van der Waals surface area contributed by atoms with Gasteiger partial charge >= 0.3 is 7.82 Å². The van der Waals surface area contributed by atoms with Gasteiger partial charge in [-0.05, 0) is 0 Å². The van der Waals surface area contributed by atoms with Gasteiger partial charge in [-0.25, -0.2) is 14.5 Å². The number of likely N-dealkylation sites (tertiary alicyclic amines) is 1. The van der Waals surface area contributed by atoms with Crippen LogP contribution >= 0.6 is 7.82 Å². The number of nitrogens with two attached hydrogens (primary N) is 1. The number of nitrogens with one attached hydrogen (secondary N) is 1. The van der Waals surface area contributed by atoms with Gasteiger partial charge in [0.1, 0.15) is 24.7 Å². The molecule has 138 valence electrons. The third kappa shape index (κ3) is 3.26. The smallest absolute Gasteiger partial charge is 0.395 e. The molecule has 13 heteroatoms. The number of aromatic nitrogens is 3. The van der Waals surface area contributed by atoms with Crippen molar-refractivity contribution in [3.8, 4) is 0 Å². The van der Waals surface area contributed by atoms with Crippen molar-refractivity contribution in [2.45, 2.75) is 24.3 Å². The number of aliphatic hydroxyl groups excluding tert-OH is 3. The zero-order chi connectivity index (χ0) is 18.4. The highest BCUT2D eigenvalue weighted by molar-refractivity contribution is 7.46. The lowest BCUT2D eigenvalue weighted by molar-refractivity contribution is 0.00747. The Balaban J connectivity index is 2.03. The van der Waals surface area contributed by atoms with Gasteiger partial charge in [-0.3, -0.25) is 9.42 Å². The van der Waals surface area contributed by atoms with Crippen LogP contribution in [0.25, 0.3) is 11.0 Å². The van der Waals surface area contributed by atoms with Crippen LogP contribution in [0.15, 0.2) is 12.5 Å². The second-order valence-corrected chi connectivity index (χ2v) is 6.90. The number of hydrogen-bond acceptors (Lipinski definition) is 9. The van der Waals surface area contributed by atoms with Gasteiger partial charge in [-0.15, -0.1) is 0 Å². The predicted octanol–water partition coefficient (Wildman–Crippen LogP) is -1.95. The first-order valence-electron chi connectivity index (χ1n) is 7.25. The van der Waals surface area contributed by atoms with Crippen molar-refractivity contribution < 1.29 is 34.2 Å². The maximum absolute atomic E-state index is 11.0. The topological polar surface area (TPSA) is 198 Å². The fourth-order valence-corrected chi connectivity index (χ4v) is 3.39. The highest BCUT2D eigenvalue weighted by atomic mass is 31.2. The number of hydrogen-bond donors (Lipinski definition) is 7. The monoisotopic (exact) mass is 375 g/mol. The molecule has 1 aliphatic rings. The first kappa shape index (κ1) is 18.2. The zero-order valence-corrected chi connectivity index (χ0v) is 13.7. The molecule has 25 heavy (non-hydrogen) atoms. The standard InChI is InChI=1S/C12H18N5O7P/c13-12-8-7(15-3-16-12)5(1-14-8)9-11(20)10(19)6(2-18)17(9)4-24-25(21,22)23/h1,3,6,9-11,14,18-20H,2,4H2,(H2,13,15,16)(H2,21,22,23). The molecule has 0 spiro atoms. The summed E-state index contributed by atoms with van der Waals surface area (Å²) in [5.41, 5.74) is 6.97. The van der Waals surface area contributed by atoms with E-state index in [4.69, 9.17) is 15.5 Å². The van der Waals surface area contributed by atoms with Gasteiger partial charge in [0.05, 0.1) is 30.3 Å². The lowest BCUT2D eigenvalue weighted by Crippen LogP contribution is -2.40. The summed E-state index contributed by atoms with van der Waals surface area (Å²) in [6.07, 6.45) is 0.0140. The van der Waals surface area contributed by atoms with Crippen LogP contribution in [-0.2, 0) is 9.09 Å². The van der Waals surface area contributed by atoms with Crippen molar-refractivity contribution in [3.63, 3.8) is 0 Å². The summed E-state index contributed by atoms with van der Waals surface area (Å²) in [5.74, 6) is 0.181. The summed E-state index contributed by atoms with van der Waals surface area (Å²) in [6, 6.07) is -1.93. The molecule has 1 saturated heterocycles. The van der Waals surface area contributed by atoms with Crippen molar-refractivity contribution in [3.05, 3.63) is 18.1 Å². The largest absolute Gasteiger partial charge is 0.470 e. The van der Waals surface area contributed by atoms with Crippen molar-refractivity contribution in [1.82, 2.24) is 19.9 Å². The fraction of sp³-hybridized carbons (Fsp3) is 0.500. The first-order valence-corrected chi connectivity index (χ1v) is 8.78. The Morgan fingerprint density at radius 2 is 2.04 bits per heavy atom. The molecule has 0 bridgehead atoms. The zero-order valence-electron chi connectivity index (χ0n) is 12.8. The van der Waals surface area contributed by atoms with Crippen LogP contribution in [-0.4, -0.2) is 76.5 Å². The molecule has 2 aromatic heterocycles. The lowest BCUT2D eigenvalue weighted by atomic mass is 10.0. The van der Waals surface area contributed by atoms with E-state index in [9.17, 15) is 19.9 Å². The van der Waals surface area contributed by atoms with Gasteiger partial charge in [-0.1, -0.05) is 0 Å². The Morgan fingerprint density at radius 3 is 2.68 bits per heavy atom. The van der Waals surface area contributed by atoms with E-state index in [0.29, 0.717) is 16.6 Å². The Morgan fingerprint density at radius 1 is 1.32 bits per heavy atom. The average Bonchev–Trinajstić information content (AvgIpc) is 3.06. The maximum atomic E-state index is 11.0. The molecule has 2 aromatic rings. The Bertz CT molecular complexity index is 810. The van der Waals surface area contributed by atoms with Gasteiger partial charge in [0, 0.05) is 11.8 Å². The van der Waals surface area contributed by atoms with E-state index in [0.717, 1.165) is 0 Å². The number of nitrogens with zero attached hydrogens (tertiary/aromatic N) is 3. The Kier molecular flexibility index (Phi) is 4.79. The minimum absolute atomic E-state index is 0.181. The van der Waals surface area contributed by atoms with Gasteiger partial charge in [-0.2, -0.15) is 0 Å². The third-order valence-electron chi connectivity index (χ3n) is 4.25. The van der Waals surface area contributed by atoms with Crippen LogP contribution in [0, 0.1) is 0 Å². The molecular formula is C12H18N5O7P. The summed E-state index contributed by atoms with van der Waals surface area (Å²) in [7, 11) is -4.79. The molecule has 4 atom stereocenters. The second kappa shape index (κ2) is 6.59. The number of aliphatic hydroxyl groups is 3. The molecule has 0 aromatic carbocycles. The van der Waals surface area contributed by atoms with Gasteiger partial charge < -0.3 is 35.8 Å². The Hall–Kier alpha value is -1.63. The molecule has 12 nitrogen and oxygen atoms in total. The maximum Gasteiger partial charge on any atom is 0.470 e. The fourth-order valence-electron chi connectivity index (χ4n) is 3.11. The number of rotatable bonds is 5. The molecule has 0 aliphatic carbocycles. The summed E-state index contributed by atoms with van der Waals surface area (Å²) in [4.78, 5) is 29.9. The number of nitrogen functional groups attached to an aromatic ring is 1. The first-order chi connectivity index (χ1) is 11.7. The van der Waals surface area contributed by atoms with Gasteiger partial charge in [0.25, 0.3) is 0 Å². The summed E-state index contributed by atoms with van der Waals surface area (Å²) in [5, 5.41) is 30.1. The van der Waals surface area contributed by atoms with E-state index in [1.807, 2.05) is 0 Å². The number of H-pyrrole nitrogens is 1. The van der Waals surface area contributed by atoms with Crippen LogP contribution in [0.3, 0.4) is 0 Å². The van der Waals surface area contributed by atoms with Crippen LogP contribution in [0.1, 0.15) is 11.6 Å². The average molecular weight is 375 g/mol. The number of aromatic amines is 1.